The molecule has 0 fully saturated rings. The minimum Gasteiger partial charge on any atom is -0.397 e. The van der Waals surface area contributed by atoms with Gasteiger partial charge in [-0.25, -0.2) is 0 Å². The predicted octanol–water partition coefficient (Wildman–Crippen LogP) is 1.01. The second-order valence-electron chi connectivity index (χ2n) is 1.82. The number of rotatable bonds is 4. The van der Waals surface area contributed by atoms with Crippen LogP contribution in [0.15, 0.2) is 11.8 Å². The summed E-state index contributed by atoms with van der Waals surface area (Å²) in [6, 6.07) is 0. The zero-order valence-corrected chi connectivity index (χ0v) is 7.46. The Labute approximate surface area is 58.3 Å². The normalized spacial score (nSPS) is 10.2. The van der Waals surface area contributed by atoms with E-state index >= 15 is 0 Å². The molecule has 0 aliphatic carbocycles. The summed E-state index contributed by atoms with van der Waals surface area (Å²) >= 11 is 0. The lowest BCUT2D eigenvalue weighted by atomic mass is 10.5. The van der Waals surface area contributed by atoms with Crippen LogP contribution in [0.25, 0.3) is 0 Å². The van der Waals surface area contributed by atoms with Crippen LogP contribution in [0.3, 0.4) is 0 Å². The van der Waals surface area contributed by atoms with E-state index in [1.165, 1.54) is 0 Å². The highest BCUT2D eigenvalue weighted by Gasteiger charge is 2.11. The minimum absolute atomic E-state index is 0.957. The van der Waals surface area contributed by atoms with E-state index in [9.17, 15) is 0 Å². The quantitative estimate of drug-likeness (QED) is 0.551. The summed E-state index contributed by atoms with van der Waals surface area (Å²) in [5.74, 6) is 0. The molecule has 0 aromatic rings. The molecule has 0 radical (unpaired) electrons. The van der Waals surface area contributed by atoms with Crippen LogP contribution in [0.5, 0.6) is 0 Å². The van der Waals surface area contributed by atoms with Gasteiger partial charge in [0, 0.05) is 14.2 Å². The molecule has 2 nitrogen and oxygen atoms in total. The van der Waals surface area contributed by atoms with Gasteiger partial charge in [0.05, 0.1) is 0 Å². The third kappa shape index (κ3) is 2.79. The van der Waals surface area contributed by atoms with Crippen molar-refractivity contribution in [1.29, 1.82) is 0 Å². The maximum Gasteiger partial charge on any atom is 0.350 e. The van der Waals surface area contributed by atoms with Crippen LogP contribution in [0.4, 0.5) is 0 Å². The Balaban J connectivity index is 3.64. The zero-order chi connectivity index (χ0) is 7.28. The van der Waals surface area contributed by atoms with Crippen molar-refractivity contribution in [2.75, 3.05) is 14.2 Å². The van der Waals surface area contributed by atoms with Crippen molar-refractivity contribution in [3.8, 4) is 0 Å². The first kappa shape index (κ1) is 8.88. The second kappa shape index (κ2) is 4.73. The van der Waals surface area contributed by atoms with Crippen LogP contribution in [-0.2, 0) is 8.85 Å². The molecule has 0 bridgehead atoms. The number of hydrogen-bond donors (Lipinski definition) is 0. The summed E-state index contributed by atoms with van der Waals surface area (Å²) in [7, 11) is 1.86. The summed E-state index contributed by atoms with van der Waals surface area (Å²) < 4.78 is 10.1. The van der Waals surface area contributed by atoms with E-state index in [4.69, 9.17) is 8.85 Å². The summed E-state index contributed by atoms with van der Waals surface area (Å²) in [5.41, 5.74) is 0. The van der Waals surface area contributed by atoms with Crippen LogP contribution in [0.2, 0.25) is 0 Å². The molecule has 0 N–H and O–H groups in total. The summed E-state index contributed by atoms with van der Waals surface area (Å²) in [6.45, 7) is 5.88. The Morgan fingerprint density at radius 2 is 1.89 bits per heavy atom. The van der Waals surface area contributed by atoms with E-state index < -0.39 is 9.28 Å². The monoisotopic (exact) mass is 146 g/mol. The molecule has 0 saturated heterocycles. The van der Waals surface area contributed by atoms with Gasteiger partial charge in [-0.2, -0.15) is 0 Å². The molecule has 0 unspecified atom stereocenters. The highest BCUT2D eigenvalue weighted by Crippen LogP contribution is 2.02. The van der Waals surface area contributed by atoms with Gasteiger partial charge in [-0.05, 0) is 11.6 Å². The minimum atomic E-state index is -1.48. The molecule has 0 aliphatic rings. The topological polar surface area (TPSA) is 18.5 Å². The Kier molecular flexibility index (Phi) is 4.66. The maximum absolute atomic E-state index is 5.07. The molecule has 54 valence electrons. The van der Waals surface area contributed by atoms with Crippen molar-refractivity contribution < 1.29 is 8.85 Å². The molecular weight excluding hydrogens is 132 g/mol. The first-order valence-electron chi connectivity index (χ1n) is 2.99. The van der Waals surface area contributed by atoms with Crippen LogP contribution < -0.4 is 0 Å². The lowest BCUT2D eigenvalue weighted by Gasteiger charge is -2.10. The largest absolute Gasteiger partial charge is 0.397 e. The predicted molar refractivity (Wildman–Crippen MR) is 40.6 cm³/mol. The molecule has 9 heavy (non-hydrogen) atoms. The smallest absolute Gasteiger partial charge is 0.350 e. The fraction of sp³-hybridized carbons (Fsp3) is 0.667. The molecule has 0 atom stereocenters. The summed E-state index contributed by atoms with van der Waals surface area (Å²) in [6.07, 6.45) is 0.957. The van der Waals surface area contributed by atoms with Gasteiger partial charge in [-0.3, -0.25) is 0 Å². The van der Waals surface area contributed by atoms with Crippen LogP contribution in [-0.4, -0.2) is 23.5 Å². The van der Waals surface area contributed by atoms with Crippen LogP contribution >= 0.6 is 0 Å². The van der Waals surface area contributed by atoms with Crippen molar-refractivity contribution >= 4 is 9.28 Å². The highest BCUT2D eigenvalue weighted by atomic mass is 28.3. The van der Waals surface area contributed by atoms with E-state index in [1.54, 1.807) is 14.2 Å². The molecule has 0 heterocycles. The molecular formula is C6H14O2Si. The van der Waals surface area contributed by atoms with Crippen LogP contribution in [0, 0.1) is 0 Å². The number of hydrogen-bond acceptors (Lipinski definition) is 2. The van der Waals surface area contributed by atoms with Gasteiger partial charge >= 0.3 is 9.28 Å². The van der Waals surface area contributed by atoms with Crippen molar-refractivity contribution in [3.05, 3.63) is 11.8 Å². The third-order valence-electron chi connectivity index (χ3n) is 1.22. The average molecular weight is 146 g/mol. The fourth-order valence-corrected chi connectivity index (χ4v) is 1.79. The van der Waals surface area contributed by atoms with Gasteiger partial charge in [0.1, 0.15) is 0 Å². The van der Waals surface area contributed by atoms with E-state index in [-0.39, 0.29) is 0 Å². The van der Waals surface area contributed by atoms with Gasteiger partial charge < -0.3 is 8.85 Å². The van der Waals surface area contributed by atoms with E-state index in [0.717, 1.165) is 11.6 Å². The number of allylic oxidation sites excluding steroid dienone is 1. The molecule has 0 rings (SSSR count). The SMILES string of the molecule is C=C(CC)[SiH](OC)OC. The van der Waals surface area contributed by atoms with Crippen LogP contribution in [0.1, 0.15) is 13.3 Å². The second-order valence-corrected chi connectivity index (χ2v) is 4.24. The molecule has 0 aromatic carbocycles. The first-order chi connectivity index (χ1) is 4.26. The van der Waals surface area contributed by atoms with Gasteiger partial charge in [-0.1, -0.05) is 13.5 Å². The summed E-state index contributed by atoms with van der Waals surface area (Å²) in [4.78, 5) is 0. The molecule has 3 heteroatoms. The lowest BCUT2D eigenvalue weighted by Crippen LogP contribution is -2.21. The standard InChI is InChI=1S/C6H14O2Si/c1-5-6(2)9(7-3)8-4/h9H,2,5H2,1,3-4H3. The molecule has 0 aliphatic heterocycles. The van der Waals surface area contributed by atoms with Crippen molar-refractivity contribution in [2.24, 2.45) is 0 Å². The first-order valence-corrected chi connectivity index (χ1v) is 4.51. The zero-order valence-electron chi connectivity index (χ0n) is 6.31. The molecule has 0 aromatic heterocycles. The van der Waals surface area contributed by atoms with Gasteiger partial charge in [0.2, 0.25) is 0 Å². The maximum atomic E-state index is 5.07. The van der Waals surface area contributed by atoms with Crippen molar-refractivity contribution in [2.45, 2.75) is 13.3 Å². The van der Waals surface area contributed by atoms with Crippen molar-refractivity contribution in [1.82, 2.24) is 0 Å². The van der Waals surface area contributed by atoms with E-state index in [0.29, 0.717) is 0 Å². The molecule has 0 saturated carbocycles. The van der Waals surface area contributed by atoms with Gasteiger partial charge in [-0.15, -0.1) is 0 Å². The average Bonchev–Trinajstić information content (AvgIpc) is 1.90. The lowest BCUT2D eigenvalue weighted by molar-refractivity contribution is 0.286. The Morgan fingerprint density at radius 1 is 1.44 bits per heavy atom. The Hall–Kier alpha value is -0.123. The third-order valence-corrected chi connectivity index (χ3v) is 3.15. The Morgan fingerprint density at radius 3 is 2.00 bits per heavy atom. The Bertz CT molecular complexity index is 89.1. The van der Waals surface area contributed by atoms with Gasteiger partial charge in [0.25, 0.3) is 0 Å². The molecule has 0 amide bonds. The van der Waals surface area contributed by atoms with Crippen molar-refractivity contribution in [3.63, 3.8) is 0 Å². The van der Waals surface area contributed by atoms with E-state index in [1.807, 2.05) is 0 Å². The van der Waals surface area contributed by atoms with E-state index in [2.05, 4.69) is 13.5 Å². The van der Waals surface area contributed by atoms with Gasteiger partial charge in [0.15, 0.2) is 0 Å². The molecule has 0 spiro atoms. The fourth-order valence-electron chi connectivity index (χ4n) is 0.596. The highest BCUT2D eigenvalue weighted by molar-refractivity contribution is 6.53. The summed E-state index contributed by atoms with van der Waals surface area (Å²) in [5, 5.41) is 1.11.